The first-order chi connectivity index (χ1) is 9.97. The van der Waals surface area contributed by atoms with Crippen molar-refractivity contribution in [3.05, 3.63) is 28.5 Å². The summed E-state index contributed by atoms with van der Waals surface area (Å²) in [6.45, 7) is 5.11. The minimum Gasteiger partial charge on any atom is -0.353 e. The van der Waals surface area contributed by atoms with Gasteiger partial charge in [-0.25, -0.2) is 4.98 Å². The standard InChI is InChI=1S/C15H20BrN3O2/c1-10(2)14(20)18-12-4-7-19(8-5-12)15(21)11-3-6-17-13(16)9-11/h3,6,9-10,12H,4-5,7-8H2,1-2H3,(H,18,20). The largest absolute Gasteiger partial charge is 0.353 e. The fourth-order valence-corrected chi connectivity index (χ4v) is 2.68. The van der Waals surface area contributed by atoms with Gasteiger partial charge in [0.2, 0.25) is 5.91 Å². The average Bonchev–Trinajstić information content (AvgIpc) is 2.47. The lowest BCUT2D eigenvalue weighted by Gasteiger charge is -2.32. The fourth-order valence-electron chi connectivity index (χ4n) is 2.31. The molecule has 0 radical (unpaired) electrons. The number of pyridine rings is 1. The summed E-state index contributed by atoms with van der Waals surface area (Å²) in [5.74, 6) is 0.100. The number of amides is 2. The van der Waals surface area contributed by atoms with Crippen LogP contribution < -0.4 is 5.32 Å². The van der Waals surface area contributed by atoms with Gasteiger partial charge in [0.05, 0.1) is 0 Å². The molecule has 114 valence electrons. The monoisotopic (exact) mass is 353 g/mol. The van der Waals surface area contributed by atoms with E-state index in [9.17, 15) is 9.59 Å². The lowest BCUT2D eigenvalue weighted by Crippen LogP contribution is -2.47. The normalized spacial score (nSPS) is 16.1. The minimum atomic E-state index is -0.00108. The molecule has 1 aromatic rings. The molecule has 1 aliphatic heterocycles. The number of piperidine rings is 1. The number of hydrogen-bond acceptors (Lipinski definition) is 3. The number of likely N-dealkylation sites (tertiary alicyclic amines) is 1. The van der Waals surface area contributed by atoms with Crippen molar-refractivity contribution in [2.75, 3.05) is 13.1 Å². The van der Waals surface area contributed by atoms with Gasteiger partial charge >= 0.3 is 0 Å². The lowest BCUT2D eigenvalue weighted by atomic mass is 10.0. The summed E-state index contributed by atoms with van der Waals surface area (Å²) >= 11 is 3.28. The number of hydrogen-bond donors (Lipinski definition) is 1. The Kier molecular flexibility index (Phi) is 5.33. The number of carbonyl (C=O) groups is 2. The van der Waals surface area contributed by atoms with Crippen LogP contribution in [0.5, 0.6) is 0 Å². The minimum absolute atomic E-state index is 0.00108. The van der Waals surface area contributed by atoms with Crippen LogP contribution in [0.15, 0.2) is 22.9 Å². The van der Waals surface area contributed by atoms with Gasteiger partial charge in [-0.15, -0.1) is 0 Å². The van der Waals surface area contributed by atoms with Gasteiger partial charge in [-0.2, -0.15) is 0 Å². The number of carbonyl (C=O) groups excluding carboxylic acids is 2. The van der Waals surface area contributed by atoms with Gasteiger partial charge < -0.3 is 10.2 Å². The summed E-state index contributed by atoms with van der Waals surface area (Å²) < 4.78 is 0.660. The lowest BCUT2D eigenvalue weighted by molar-refractivity contribution is -0.124. The molecule has 0 spiro atoms. The van der Waals surface area contributed by atoms with Crippen LogP contribution in [0.4, 0.5) is 0 Å². The van der Waals surface area contributed by atoms with Crippen LogP contribution in [-0.4, -0.2) is 40.8 Å². The second-order valence-corrected chi connectivity index (χ2v) is 6.41. The first-order valence-corrected chi connectivity index (χ1v) is 7.98. The Morgan fingerprint density at radius 1 is 1.38 bits per heavy atom. The van der Waals surface area contributed by atoms with Crippen LogP contribution in [0.2, 0.25) is 0 Å². The second-order valence-electron chi connectivity index (χ2n) is 5.60. The number of nitrogens with one attached hydrogen (secondary N) is 1. The summed E-state index contributed by atoms with van der Waals surface area (Å²) in [6, 6.07) is 3.63. The van der Waals surface area contributed by atoms with Crippen LogP contribution >= 0.6 is 15.9 Å². The Balaban J connectivity index is 1.89. The zero-order valence-corrected chi connectivity index (χ0v) is 13.9. The fraction of sp³-hybridized carbons (Fsp3) is 0.533. The van der Waals surface area contributed by atoms with Crippen molar-refractivity contribution in [3.63, 3.8) is 0 Å². The van der Waals surface area contributed by atoms with Crippen LogP contribution in [0.3, 0.4) is 0 Å². The van der Waals surface area contributed by atoms with Crippen molar-refractivity contribution < 1.29 is 9.59 Å². The Morgan fingerprint density at radius 3 is 2.62 bits per heavy atom. The van der Waals surface area contributed by atoms with Gasteiger partial charge in [0.25, 0.3) is 5.91 Å². The van der Waals surface area contributed by atoms with Crippen molar-refractivity contribution in [2.24, 2.45) is 5.92 Å². The van der Waals surface area contributed by atoms with Crippen LogP contribution in [0.25, 0.3) is 0 Å². The van der Waals surface area contributed by atoms with E-state index in [-0.39, 0.29) is 23.8 Å². The van der Waals surface area contributed by atoms with E-state index in [0.717, 1.165) is 12.8 Å². The van der Waals surface area contributed by atoms with Gasteiger partial charge in [-0.3, -0.25) is 9.59 Å². The summed E-state index contributed by atoms with van der Waals surface area (Å²) in [6.07, 6.45) is 3.22. The van der Waals surface area contributed by atoms with E-state index in [0.29, 0.717) is 23.3 Å². The molecule has 0 unspecified atom stereocenters. The van der Waals surface area contributed by atoms with E-state index >= 15 is 0 Å². The zero-order valence-electron chi connectivity index (χ0n) is 12.3. The smallest absolute Gasteiger partial charge is 0.254 e. The molecule has 0 aromatic carbocycles. The number of nitrogens with zero attached hydrogens (tertiary/aromatic N) is 2. The third-order valence-corrected chi connectivity index (χ3v) is 4.06. The van der Waals surface area contributed by atoms with E-state index in [1.807, 2.05) is 18.7 Å². The van der Waals surface area contributed by atoms with Crippen molar-refractivity contribution in [2.45, 2.75) is 32.7 Å². The maximum absolute atomic E-state index is 12.4. The van der Waals surface area contributed by atoms with Crippen molar-refractivity contribution in [1.82, 2.24) is 15.2 Å². The molecule has 2 rings (SSSR count). The molecule has 1 saturated heterocycles. The molecule has 21 heavy (non-hydrogen) atoms. The second kappa shape index (κ2) is 7.02. The molecule has 1 aliphatic rings. The van der Waals surface area contributed by atoms with Gasteiger partial charge in [0.1, 0.15) is 4.60 Å². The Bertz CT molecular complexity index is 525. The summed E-state index contributed by atoms with van der Waals surface area (Å²) in [5, 5.41) is 3.03. The molecule has 2 amide bonds. The molecule has 0 atom stereocenters. The average molecular weight is 354 g/mol. The first kappa shape index (κ1) is 15.9. The van der Waals surface area contributed by atoms with Crippen molar-refractivity contribution in [3.8, 4) is 0 Å². The van der Waals surface area contributed by atoms with Crippen LogP contribution in [0.1, 0.15) is 37.0 Å². The Morgan fingerprint density at radius 2 is 2.05 bits per heavy atom. The first-order valence-electron chi connectivity index (χ1n) is 7.18. The molecule has 2 heterocycles. The molecule has 5 nitrogen and oxygen atoms in total. The Labute approximate surface area is 133 Å². The molecule has 0 bridgehead atoms. The van der Waals surface area contributed by atoms with E-state index in [4.69, 9.17) is 0 Å². The third-order valence-electron chi connectivity index (χ3n) is 3.63. The molecule has 0 aliphatic carbocycles. The predicted octanol–water partition coefficient (Wildman–Crippen LogP) is 2.22. The van der Waals surface area contributed by atoms with Crippen LogP contribution in [0, 0.1) is 5.92 Å². The zero-order chi connectivity index (χ0) is 15.4. The van der Waals surface area contributed by atoms with Gasteiger partial charge in [-0.05, 0) is 40.9 Å². The van der Waals surface area contributed by atoms with E-state index in [1.165, 1.54) is 0 Å². The Hall–Kier alpha value is -1.43. The van der Waals surface area contributed by atoms with Gasteiger partial charge in [-0.1, -0.05) is 13.8 Å². The third kappa shape index (κ3) is 4.27. The molecule has 1 fully saturated rings. The molecule has 1 N–H and O–H groups in total. The molecular weight excluding hydrogens is 334 g/mol. The van der Waals surface area contributed by atoms with E-state index in [1.54, 1.807) is 18.3 Å². The van der Waals surface area contributed by atoms with Gasteiger partial charge in [0.15, 0.2) is 0 Å². The topological polar surface area (TPSA) is 62.3 Å². The quantitative estimate of drug-likeness (QED) is 0.847. The highest BCUT2D eigenvalue weighted by atomic mass is 79.9. The van der Waals surface area contributed by atoms with Crippen LogP contribution in [-0.2, 0) is 4.79 Å². The van der Waals surface area contributed by atoms with Gasteiger partial charge in [0, 0.05) is 36.8 Å². The highest BCUT2D eigenvalue weighted by Crippen LogP contribution is 2.16. The molecule has 6 heteroatoms. The number of aromatic nitrogens is 1. The maximum atomic E-state index is 12.4. The summed E-state index contributed by atoms with van der Waals surface area (Å²) in [7, 11) is 0. The highest BCUT2D eigenvalue weighted by molar-refractivity contribution is 9.10. The van der Waals surface area contributed by atoms with Crippen molar-refractivity contribution >= 4 is 27.7 Å². The summed E-state index contributed by atoms with van der Waals surface area (Å²) in [4.78, 5) is 29.9. The maximum Gasteiger partial charge on any atom is 0.254 e. The number of halogens is 1. The predicted molar refractivity (Wildman–Crippen MR) is 83.8 cm³/mol. The summed E-state index contributed by atoms with van der Waals surface area (Å²) in [5.41, 5.74) is 0.640. The highest BCUT2D eigenvalue weighted by Gasteiger charge is 2.25. The molecule has 0 saturated carbocycles. The SMILES string of the molecule is CC(C)C(=O)NC1CCN(C(=O)c2ccnc(Br)c2)CC1. The number of rotatable bonds is 3. The molecule has 1 aromatic heterocycles. The molecular formula is C15H20BrN3O2. The van der Waals surface area contributed by atoms with Crippen molar-refractivity contribution in [1.29, 1.82) is 0 Å². The van der Waals surface area contributed by atoms with E-state index < -0.39 is 0 Å². The van der Waals surface area contributed by atoms with E-state index in [2.05, 4.69) is 26.2 Å².